The molecule has 2 heteroatoms. The van der Waals surface area contributed by atoms with Crippen LogP contribution in [-0.4, -0.2) is 37.1 Å². The molecule has 3 fully saturated rings. The summed E-state index contributed by atoms with van der Waals surface area (Å²) < 4.78 is 0. The number of likely N-dealkylation sites (tertiary alicyclic amines) is 1. The van der Waals surface area contributed by atoms with Crippen molar-refractivity contribution in [2.45, 2.75) is 57.4 Å². The molecule has 3 aliphatic rings. The van der Waals surface area contributed by atoms with E-state index in [1.165, 1.54) is 77.5 Å². The quantitative estimate of drug-likeness (QED) is 0.810. The Morgan fingerprint density at radius 2 is 1.94 bits per heavy atom. The van der Waals surface area contributed by atoms with Gasteiger partial charge in [-0.3, -0.25) is 0 Å². The van der Waals surface area contributed by atoms with Gasteiger partial charge in [-0.1, -0.05) is 6.42 Å². The number of fused-ring (bicyclic) bond motifs is 1. The fraction of sp³-hybridized carbons (Fsp3) is 1.00. The summed E-state index contributed by atoms with van der Waals surface area (Å²) in [7, 11) is 0. The van der Waals surface area contributed by atoms with E-state index < -0.39 is 0 Å². The third-order valence-corrected chi connectivity index (χ3v) is 5.33. The van der Waals surface area contributed by atoms with Crippen molar-refractivity contribution < 1.29 is 0 Å². The van der Waals surface area contributed by atoms with Crippen LogP contribution < -0.4 is 5.32 Å². The molecule has 2 saturated heterocycles. The minimum absolute atomic E-state index is 0.963. The maximum atomic E-state index is 3.55. The average Bonchev–Trinajstić information content (AvgIpc) is 2.86. The maximum Gasteiger partial charge on any atom is 0.0123 e. The molecule has 3 atom stereocenters. The Morgan fingerprint density at radius 1 is 1.00 bits per heavy atom. The fourth-order valence-electron chi connectivity index (χ4n) is 4.35. The Bertz CT molecular complexity index is 235. The van der Waals surface area contributed by atoms with Crippen LogP contribution in [-0.2, 0) is 0 Å². The van der Waals surface area contributed by atoms with E-state index in [0.29, 0.717) is 0 Å². The van der Waals surface area contributed by atoms with Crippen LogP contribution in [0.15, 0.2) is 0 Å². The number of piperidine rings is 2. The first-order valence-corrected chi connectivity index (χ1v) is 7.88. The lowest BCUT2D eigenvalue weighted by Crippen LogP contribution is -2.44. The molecular weight excluding hydrogens is 208 g/mol. The fourth-order valence-corrected chi connectivity index (χ4v) is 4.35. The molecule has 0 aromatic heterocycles. The molecule has 17 heavy (non-hydrogen) atoms. The molecule has 0 aromatic carbocycles. The van der Waals surface area contributed by atoms with Crippen LogP contribution in [0, 0.1) is 11.8 Å². The third kappa shape index (κ3) is 2.85. The van der Waals surface area contributed by atoms with Crippen molar-refractivity contribution >= 4 is 0 Å². The van der Waals surface area contributed by atoms with E-state index in [0.717, 1.165) is 17.9 Å². The predicted octanol–water partition coefficient (Wildman–Crippen LogP) is 2.64. The summed E-state index contributed by atoms with van der Waals surface area (Å²) in [4.78, 5) is 2.84. The molecule has 0 aromatic rings. The molecular formula is C15H28N2. The highest BCUT2D eigenvalue weighted by atomic mass is 15.2. The van der Waals surface area contributed by atoms with Gasteiger partial charge in [-0.15, -0.1) is 0 Å². The van der Waals surface area contributed by atoms with Gasteiger partial charge in [0.2, 0.25) is 0 Å². The highest BCUT2D eigenvalue weighted by Gasteiger charge is 2.34. The van der Waals surface area contributed by atoms with E-state index in [2.05, 4.69) is 10.2 Å². The molecule has 3 rings (SSSR count). The van der Waals surface area contributed by atoms with Crippen LogP contribution in [0.4, 0.5) is 0 Å². The van der Waals surface area contributed by atoms with Gasteiger partial charge in [-0.05, 0) is 83.0 Å². The van der Waals surface area contributed by atoms with Gasteiger partial charge < -0.3 is 10.2 Å². The Kier molecular flexibility index (Phi) is 4.02. The van der Waals surface area contributed by atoms with E-state index in [1.807, 2.05) is 0 Å². The van der Waals surface area contributed by atoms with Gasteiger partial charge in [0.25, 0.3) is 0 Å². The second kappa shape index (κ2) is 5.71. The summed E-state index contributed by atoms with van der Waals surface area (Å²) in [6.45, 7) is 5.31. The van der Waals surface area contributed by atoms with Crippen LogP contribution >= 0.6 is 0 Å². The van der Waals surface area contributed by atoms with E-state index in [-0.39, 0.29) is 0 Å². The zero-order valence-corrected chi connectivity index (χ0v) is 11.2. The zero-order valence-electron chi connectivity index (χ0n) is 11.2. The highest BCUT2D eigenvalue weighted by molar-refractivity contribution is 4.89. The molecule has 3 unspecified atom stereocenters. The second-order valence-corrected chi connectivity index (χ2v) is 6.44. The third-order valence-electron chi connectivity index (χ3n) is 5.33. The van der Waals surface area contributed by atoms with Crippen molar-refractivity contribution in [2.24, 2.45) is 11.8 Å². The Morgan fingerprint density at radius 3 is 2.82 bits per heavy atom. The first-order valence-electron chi connectivity index (χ1n) is 7.88. The van der Waals surface area contributed by atoms with Gasteiger partial charge in [-0.2, -0.15) is 0 Å². The number of hydrogen-bond acceptors (Lipinski definition) is 2. The minimum atomic E-state index is 0.963. The van der Waals surface area contributed by atoms with Crippen molar-refractivity contribution in [1.29, 1.82) is 0 Å². The SMILES string of the molecule is C1CNCC(CCN2CCCC3CCCC32)C1. The summed E-state index contributed by atoms with van der Waals surface area (Å²) in [6, 6.07) is 0.972. The lowest BCUT2D eigenvalue weighted by atomic mass is 9.90. The zero-order chi connectivity index (χ0) is 11.5. The second-order valence-electron chi connectivity index (χ2n) is 6.44. The van der Waals surface area contributed by atoms with E-state index in [9.17, 15) is 0 Å². The largest absolute Gasteiger partial charge is 0.316 e. The molecule has 98 valence electrons. The summed E-state index contributed by atoms with van der Waals surface area (Å²) in [5.74, 6) is 2.03. The predicted molar refractivity (Wildman–Crippen MR) is 72.1 cm³/mol. The van der Waals surface area contributed by atoms with Crippen LogP contribution in [0.25, 0.3) is 0 Å². The molecule has 2 heterocycles. The smallest absolute Gasteiger partial charge is 0.0123 e. The van der Waals surface area contributed by atoms with Crippen LogP contribution in [0.3, 0.4) is 0 Å². The molecule has 2 aliphatic heterocycles. The molecule has 0 bridgehead atoms. The number of hydrogen-bond donors (Lipinski definition) is 1. The minimum Gasteiger partial charge on any atom is -0.316 e. The maximum absolute atomic E-state index is 3.55. The van der Waals surface area contributed by atoms with Gasteiger partial charge >= 0.3 is 0 Å². The Balaban J connectivity index is 1.47. The van der Waals surface area contributed by atoms with Crippen molar-refractivity contribution in [2.75, 3.05) is 26.2 Å². The monoisotopic (exact) mass is 236 g/mol. The lowest BCUT2D eigenvalue weighted by Gasteiger charge is -2.38. The first-order chi connectivity index (χ1) is 8.43. The molecule has 1 N–H and O–H groups in total. The van der Waals surface area contributed by atoms with Gasteiger partial charge in [0, 0.05) is 6.04 Å². The van der Waals surface area contributed by atoms with Crippen LogP contribution in [0.5, 0.6) is 0 Å². The topological polar surface area (TPSA) is 15.3 Å². The van der Waals surface area contributed by atoms with Crippen LogP contribution in [0.2, 0.25) is 0 Å². The summed E-state index contributed by atoms with van der Waals surface area (Å²) in [5.41, 5.74) is 0. The molecule has 0 amide bonds. The number of rotatable bonds is 3. The standard InChI is InChI=1S/C15H28N2/c1-5-14-6-3-10-17(15(14)7-1)11-8-13-4-2-9-16-12-13/h13-16H,1-12H2. The van der Waals surface area contributed by atoms with Gasteiger partial charge in [0.05, 0.1) is 0 Å². The average molecular weight is 236 g/mol. The van der Waals surface area contributed by atoms with Crippen molar-refractivity contribution in [3.63, 3.8) is 0 Å². The van der Waals surface area contributed by atoms with Gasteiger partial charge in [0.1, 0.15) is 0 Å². The van der Waals surface area contributed by atoms with Crippen molar-refractivity contribution in [1.82, 2.24) is 10.2 Å². The van der Waals surface area contributed by atoms with Gasteiger partial charge in [-0.25, -0.2) is 0 Å². The molecule has 0 spiro atoms. The first kappa shape index (κ1) is 12.0. The van der Waals surface area contributed by atoms with Crippen LogP contribution in [0.1, 0.15) is 51.4 Å². The summed E-state index contributed by atoms with van der Waals surface area (Å²) in [6.07, 6.45) is 11.8. The molecule has 0 radical (unpaired) electrons. The number of nitrogens with one attached hydrogen (secondary N) is 1. The van der Waals surface area contributed by atoms with Crippen molar-refractivity contribution in [3.05, 3.63) is 0 Å². The van der Waals surface area contributed by atoms with Crippen molar-refractivity contribution in [3.8, 4) is 0 Å². The lowest BCUT2D eigenvalue weighted by molar-refractivity contribution is 0.104. The Labute approximate surface area is 106 Å². The molecule has 1 saturated carbocycles. The summed E-state index contributed by atoms with van der Waals surface area (Å²) in [5, 5.41) is 3.55. The van der Waals surface area contributed by atoms with E-state index in [4.69, 9.17) is 0 Å². The normalized spacial score (nSPS) is 39.2. The van der Waals surface area contributed by atoms with E-state index in [1.54, 1.807) is 0 Å². The number of nitrogens with zero attached hydrogens (tertiary/aromatic N) is 1. The highest BCUT2D eigenvalue weighted by Crippen LogP contribution is 2.36. The molecule has 1 aliphatic carbocycles. The Hall–Kier alpha value is -0.0800. The van der Waals surface area contributed by atoms with E-state index >= 15 is 0 Å². The summed E-state index contributed by atoms with van der Waals surface area (Å²) >= 11 is 0. The molecule has 2 nitrogen and oxygen atoms in total. The van der Waals surface area contributed by atoms with Gasteiger partial charge in [0.15, 0.2) is 0 Å².